The lowest BCUT2D eigenvalue weighted by Crippen LogP contribution is -1.82. The smallest absolute Gasteiger partial charge is 0.124 e. The van der Waals surface area contributed by atoms with Crippen LogP contribution >= 0.6 is 11.3 Å². The van der Waals surface area contributed by atoms with Crippen LogP contribution in [0.3, 0.4) is 0 Å². The van der Waals surface area contributed by atoms with E-state index in [1.807, 2.05) is 0 Å². The maximum Gasteiger partial charge on any atom is 0.124 e. The molecule has 0 amide bonds. The largest absolute Gasteiger partial charge is 0.236 e. The SMILES string of the molecule is Cc1cc(C)cc(-c2nc3c(C)ccc(C)c3s2)c1. The van der Waals surface area contributed by atoms with Crippen molar-refractivity contribution in [2.24, 2.45) is 0 Å². The molecule has 2 heteroatoms. The number of nitrogens with zero attached hydrogens (tertiary/aromatic N) is 1. The second-order valence-corrected chi connectivity index (χ2v) is 6.27. The van der Waals surface area contributed by atoms with E-state index < -0.39 is 0 Å². The van der Waals surface area contributed by atoms with Crippen LogP contribution in [0.5, 0.6) is 0 Å². The lowest BCUT2D eigenvalue weighted by molar-refractivity contribution is 1.36. The van der Waals surface area contributed by atoms with E-state index in [-0.39, 0.29) is 0 Å². The lowest BCUT2D eigenvalue weighted by atomic mass is 10.1. The van der Waals surface area contributed by atoms with Gasteiger partial charge in [0.1, 0.15) is 5.01 Å². The molecule has 0 aliphatic carbocycles. The fraction of sp³-hybridized carbons (Fsp3) is 0.235. The monoisotopic (exact) mass is 267 g/mol. The summed E-state index contributed by atoms with van der Waals surface area (Å²) in [5.74, 6) is 0. The first-order chi connectivity index (χ1) is 9.04. The van der Waals surface area contributed by atoms with Crippen molar-refractivity contribution < 1.29 is 0 Å². The molecule has 0 spiro atoms. The summed E-state index contributed by atoms with van der Waals surface area (Å²) in [7, 11) is 0. The first-order valence-corrected chi connectivity index (χ1v) is 7.31. The Bertz CT molecular complexity index is 709. The summed E-state index contributed by atoms with van der Waals surface area (Å²) >= 11 is 1.80. The molecule has 0 atom stereocenters. The first kappa shape index (κ1) is 12.4. The van der Waals surface area contributed by atoms with Crippen molar-refractivity contribution in [3.05, 3.63) is 52.6 Å². The molecule has 19 heavy (non-hydrogen) atoms. The van der Waals surface area contributed by atoms with Gasteiger partial charge in [-0.25, -0.2) is 4.98 Å². The molecular weight excluding hydrogens is 250 g/mol. The molecule has 96 valence electrons. The zero-order valence-electron chi connectivity index (χ0n) is 11.7. The third-order valence-electron chi connectivity index (χ3n) is 3.41. The van der Waals surface area contributed by atoms with Crippen LogP contribution in [0.25, 0.3) is 20.8 Å². The highest BCUT2D eigenvalue weighted by Gasteiger charge is 2.10. The van der Waals surface area contributed by atoms with Crippen LogP contribution in [0.2, 0.25) is 0 Å². The molecule has 3 rings (SSSR count). The Balaban J connectivity index is 2.26. The molecule has 0 aliphatic heterocycles. The first-order valence-electron chi connectivity index (χ1n) is 6.50. The van der Waals surface area contributed by atoms with Crippen LogP contribution in [0.4, 0.5) is 0 Å². The summed E-state index contributed by atoms with van der Waals surface area (Å²) in [4.78, 5) is 4.84. The van der Waals surface area contributed by atoms with Crippen molar-refractivity contribution in [1.82, 2.24) is 4.98 Å². The van der Waals surface area contributed by atoms with Crippen molar-refractivity contribution in [3.63, 3.8) is 0 Å². The Labute approximate surface area is 117 Å². The molecule has 1 nitrogen and oxygen atoms in total. The second kappa shape index (κ2) is 4.46. The molecule has 3 aromatic rings. The van der Waals surface area contributed by atoms with E-state index in [9.17, 15) is 0 Å². The van der Waals surface area contributed by atoms with Crippen molar-refractivity contribution >= 4 is 21.6 Å². The highest BCUT2D eigenvalue weighted by atomic mass is 32.1. The number of hydrogen-bond donors (Lipinski definition) is 0. The van der Waals surface area contributed by atoms with Crippen LogP contribution < -0.4 is 0 Å². The van der Waals surface area contributed by atoms with Gasteiger partial charge in [0.25, 0.3) is 0 Å². The maximum atomic E-state index is 4.84. The Morgan fingerprint density at radius 2 is 1.47 bits per heavy atom. The highest BCUT2D eigenvalue weighted by Crippen LogP contribution is 2.34. The molecule has 0 saturated heterocycles. The van der Waals surface area contributed by atoms with Gasteiger partial charge in [-0.2, -0.15) is 0 Å². The molecule has 0 bridgehead atoms. The van der Waals surface area contributed by atoms with Crippen LogP contribution in [0.1, 0.15) is 22.3 Å². The Morgan fingerprint density at radius 1 is 0.842 bits per heavy atom. The van der Waals surface area contributed by atoms with Gasteiger partial charge in [-0.1, -0.05) is 29.3 Å². The van der Waals surface area contributed by atoms with Gasteiger partial charge in [0.05, 0.1) is 10.2 Å². The molecule has 0 unspecified atom stereocenters. The predicted molar refractivity (Wildman–Crippen MR) is 84.0 cm³/mol. The summed E-state index contributed by atoms with van der Waals surface area (Å²) in [6, 6.07) is 11.0. The zero-order chi connectivity index (χ0) is 13.6. The van der Waals surface area contributed by atoms with Gasteiger partial charge >= 0.3 is 0 Å². The number of benzene rings is 2. The summed E-state index contributed by atoms with van der Waals surface area (Å²) in [5, 5.41) is 1.12. The average Bonchev–Trinajstić information content (AvgIpc) is 2.79. The Morgan fingerprint density at radius 3 is 2.11 bits per heavy atom. The molecule has 0 aliphatic rings. The second-order valence-electron chi connectivity index (χ2n) is 5.27. The number of aromatic nitrogens is 1. The molecule has 1 aromatic heterocycles. The van der Waals surface area contributed by atoms with Crippen molar-refractivity contribution in [3.8, 4) is 10.6 Å². The summed E-state index contributed by atoms with van der Waals surface area (Å²) in [6.07, 6.45) is 0. The molecule has 0 saturated carbocycles. The minimum atomic E-state index is 1.12. The van der Waals surface area contributed by atoms with Crippen LogP contribution in [-0.4, -0.2) is 4.98 Å². The zero-order valence-corrected chi connectivity index (χ0v) is 12.6. The fourth-order valence-corrected chi connectivity index (χ4v) is 3.58. The van der Waals surface area contributed by atoms with E-state index in [0.29, 0.717) is 0 Å². The lowest BCUT2D eigenvalue weighted by Gasteiger charge is -2.01. The number of hydrogen-bond acceptors (Lipinski definition) is 2. The third kappa shape index (κ3) is 2.17. The topological polar surface area (TPSA) is 12.9 Å². The van der Waals surface area contributed by atoms with Gasteiger partial charge in [0.2, 0.25) is 0 Å². The minimum absolute atomic E-state index is 1.12. The van der Waals surface area contributed by atoms with Crippen molar-refractivity contribution in [2.45, 2.75) is 27.7 Å². The van der Waals surface area contributed by atoms with E-state index in [4.69, 9.17) is 4.98 Å². The van der Waals surface area contributed by atoms with Gasteiger partial charge in [0, 0.05) is 5.56 Å². The summed E-state index contributed by atoms with van der Waals surface area (Å²) < 4.78 is 1.31. The van der Waals surface area contributed by atoms with E-state index in [2.05, 4.69) is 58.0 Å². The standard InChI is InChI=1S/C17H17NS/c1-10-7-11(2)9-14(8-10)17-18-15-12(3)5-6-13(4)16(15)19-17/h5-9H,1-4H3. The molecule has 0 N–H and O–H groups in total. The van der Waals surface area contributed by atoms with E-state index >= 15 is 0 Å². The van der Waals surface area contributed by atoms with Crippen LogP contribution in [0, 0.1) is 27.7 Å². The molecule has 0 fully saturated rings. The van der Waals surface area contributed by atoms with Gasteiger partial charge < -0.3 is 0 Å². The Hall–Kier alpha value is -1.67. The normalized spacial score (nSPS) is 11.2. The van der Waals surface area contributed by atoms with E-state index in [0.717, 1.165) is 10.5 Å². The molecule has 0 radical (unpaired) electrons. The third-order valence-corrected chi connectivity index (χ3v) is 4.65. The number of aryl methyl sites for hydroxylation is 4. The van der Waals surface area contributed by atoms with Gasteiger partial charge in [-0.3, -0.25) is 0 Å². The number of thiazole rings is 1. The average molecular weight is 267 g/mol. The number of rotatable bonds is 1. The van der Waals surface area contributed by atoms with Crippen molar-refractivity contribution in [1.29, 1.82) is 0 Å². The highest BCUT2D eigenvalue weighted by molar-refractivity contribution is 7.21. The van der Waals surface area contributed by atoms with Crippen LogP contribution in [0.15, 0.2) is 30.3 Å². The van der Waals surface area contributed by atoms with Gasteiger partial charge in [-0.05, 0) is 51.0 Å². The predicted octanol–water partition coefficient (Wildman–Crippen LogP) is 5.20. The van der Waals surface area contributed by atoms with E-state index in [1.165, 1.54) is 32.5 Å². The molecular formula is C17H17NS. The Kier molecular flexibility index (Phi) is 2.90. The van der Waals surface area contributed by atoms with Crippen molar-refractivity contribution in [2.75, 3.05) is 0 Å². The molecule has 2 aromatic carbocycles. The van der Waals surface area contributed by atoms with Gasteiger partial charge in [-0.15, -0.1) is 11.3 Å². The van der Waals surface area contributed by atoms with Gasteiger partial charge in [0.15, 0.2) is 0 Å². The van der Waals surface area contributed by atoms with Crippen LogP contribution in [-0.2, 0) is 0 Å². The van der Waals surface area contributed by atoms with E-state index in [1.54, 1.807) is 11.3 Å². The maximum absolute atomic E-state index is 4.84. The molecule has 1 heterocycles. The fourth-order valence-electron chi connectivity index (χ4n) is 2.48. The summed E-state index contributed by atoms with van der Waals surface area (Å²) in [6.45, 7) is 8.57. The number of fused-ring (bicyclic) bond motifs is 1. The summed E-state index contributed by atoms with van der Waals surface area (Å²) in [5.41, 5.74) is 7.54. The minimum Gasteiger partial charge on any atom is -0.236 e. The quantitative estimate of drug-likeness (QED) is 0.590.